The molecule has 22 heavy (non-hydrogen) atoms. The number of carbonyl (C=O) groups excluding carboxylic acids is 1. The average molecular weight is 295 g/mol. The van der Waals surface area contributed by atoms with E-state index in [1.165, 1.54) is 11.1 Å². The van der Waals surface area contributed by atoms with E-state index in [-0.39, 0.29) is 24.8 Å². The molecule has 0 fully saturated rings. The van der Waals surface area contributed by atoms with Crippen LogP contribution in [0, 0.1) is 0 Å². The van der Waals surface area contributed by atoms with E-state index < -0.39 is 5.97 Å². The zero-order valence-corrected chi connectivity index (χ0v) is 12.1. The smallest absolute Gasteiger partial charge is 0.305 e. The van der Waals surface area contributed by atoms with Gasteiger partial charge in [0.15, 0.2) is 0 Å². The molecule has 112 valence electrons. The van der Waals surface area contributed by atoms with Crippen molar-refractivity contribution in [3.8, 4) is 11.1 Å². The summed E-state index contributed by atoms with van der Waals surface area (Å²) >= 11 is 0. The molecule has 1 amide bonds. The molecule has 3 rings (SSSR count). The summed E-state index contributed by atoms with van der Waals surface area (Å²) in [6.07, 6.45) is 0.289. The molecule has 1 aliphatic rings. The van der Waals surface area contributed by atoms with Crippen LogP contribution in [0.2, 0.25) is 0 Å². The van der Waals surface area contributed by atoms with Crippen LogP contribution in [0.5, 0.6) is 0 Å². The quantitative estimate of drug-likeness (QED) is 0.891. The molecule has 0 radical (unpaired) electrons. The van der Waals surface area contributed by atoms with Crippen LogP contribution in [0.1, 0.15) is 29.9 Å². The van der Waals surface area contributed by atoms with Crippen molar-refractivity contribution in [1.82, 2.24) is 5.32 Å². The van der Waals surface area contributed by atoms with Crippen molar-refractivity contribution in [3.05, 3.63) is 59.7 Å². The highest BCUT2D eigenvalue weighted by atomic mass is 16.4. The van der Waals surface area contributed by atoms with E-state index >= 15 is 0 Å². The lowest BCUT2D eigenvalue weighted by atomic mass is 9.93. The molecule has 0 unspecified atom stereocenters. The lowest BCUT2D eigenvalue weighted by molar-refractivity contribution is -0.136. The Hall–Kier alpha value is -2.62. The maximum absolute atomic E-state index is 12.1. The van der Waals surface area contributed by atoms with Gasteiger partial charge in [0, 0.05) is 18.9 Å². The Balaban J connectivity index is 1.79. The third-order valence-corrected chi connectivity index (χ3v) is 4.01. The van der Waals surface area contributed by atoms with Crippen molar-refractivity contribution < 1.29 is 14.7 Å². The molecule has 0 spiro atoms. The molecule has 2 N–H and O–H groups in total. The Labute approximate surface area is 128 Å². The van der Waals surface area contributed by atoms with Gasteiger partial charge in [0.05, 0.1) is 6.42 Å². The van der Waals surface area contributed by atoms with Crippen molar-refractivity contribution in [2.24, 2.45) is 0 Å². The normalized spacial score (nSPS) is 12.5. The molecule has 4 nitrogen and oxygen atoms in total. The van der Waals surface area contributed by atoms with Crippen LogP contribution in [-0.4, -0.2) is 23.5 Å². The molecule has 0 atom stereocenters. The third kappa shape index (κ3) is 2.72. The highest BCUT2D eigenvalue weighted by Crippen LogP contribution is 2.45. The molecule has 2 aromatic rings. The molecule has 2 aromatic carbocycles. The van der Waals surface area contributed by atoms with Gasteiger partial charge < -0.3 is 10.4 Å². The number of aliphatic carboxylic acids is 1. The van der Waals surface area contributed by atoms with Crippen LogP contribution >= 0.6 is 0 Å². The topological polar surface area (TPSA) is 66.4 Å². The van der Waals surface area contributed by atoms with Gasteiger partial charge in [0.1, 0.15) is 0 Å². The second kappa shape index (κ2) is 6.02. The second-order valence-electron chi connectivity index (χ2n) is 5.42. The van der Waals surface area contributed by atoms with Crippen LogP contribution in [0.25, 0.3) is 11.1 Å². The first-order chi connectivity index (χ1) is 10.7. The standard InChI is InChI=1S/C18H17NO3/c20-17(19-10-9-18(21)22)11-16-14-7-3-1-5-12(14)13-6-2-4-8-15(13)16/h1-8,16H,9-11H2,(H,19,20)(H,21,22). The Morgan fingerprint density at radius 3 is 2.05 bits per heavy atom. The van der Waals surface area contributed by atoms with Crippen LogP contribution in [0.15, 0.2) is 48.5 Å². The van der Waals surface area contributed by atoms with Gasteiger partial charge in [0.25, 0.3) is 0 Å². The van der Waals surface area contributed by atoms with Crippen LogP contribution in [0.4, 0.5) is 0 Å². The first-order valence-corrected chi connectivity index (χ1v) is 7.33. The number of benzene rings is 2. The summed E-state index contributed by atoms with van der Waals surface area (Å²) in [5.74, 6) is -0.980. The van der Waals surface area contributed by atoms with Gasteiger partial charge in [-0.15, -0.1) is 0 Å². The Morgan fingerprint density at radius 2 is 1.50 bits per heavy atom. The molecular formula is C18H17NO3. The summed E-state index contributed by atoms with van der Waals surface area (Å²) in [5, 5.41) is 11.3. The van der Waals surface area contributed by atoms with Crippen LogP contribution in [0.3, 0.4) is 0 Å². The summed E-state index contributed by atoms with van der Waals surface area (Å²) in [6.45, 7) is 0.171. The Bertz CT molecular complexity index is 678. The molecule has 0 saturated carbocycles. The zero-order valence-electron chi connectivity index (χ0n) is 12.1. The van der Waals surface area contributed by atoms with E-state index in [0.717, 1.165) is 11.1 Å². The van der Waals surface area contributed by atoms with Gasteiger partial charge >= 0.3 is 5.97 Å². The molecule has 0 saturated heterocycles. The van der Waals surface area contributed by atoms with E-state index in [2.05, 4.69) is 29.6 Å². The summed E-state index contributed by atoms with van der Waals surface area (Å²) in [7, 11) is 0. The van der Waals surface area contributed by atoms with E-state index in [1.807, 2.05) is 24.3 Å². The monoisotopic (exact) mass is 295 g/mol. The minimum Gasteiger partial charge on any atom is -0.481 e. The Morgan fingerprint density at radius 1 is 0.955 bits per heavy atom. The fraction of sp³-hybridized carbons (Fsp3) is 0.222. The molecule has 0 bridgehead atoms. The second-order valence-corrected chi connectivity index (χ2v) is 5.42. The number of nitrogens with one attached hydrogen (secondary N) is 1. The van der Waals surface area contributed by atoms with Crippen molar-refractivity contribution >= 4 is 11.9 Å². The Kier molecular flexibility index (Phi) is 3.92. The maximum Gasteiger partial charge on any atom is 0.305 e. The third-order valence-electron chi connectivity index (χ3n) is 4.01. The van der Waals surface area contributed by atoms with Gasteiger partial charge in [0.2, 0.25) is 5.91 Å². The minimum absolute atomic E-state index is 0.0391. The van der Waals surface area contributed by atoms with Gasteiger partial charge in [-0.05, 0) is 22.3 Å². The lowest BCUT2D eigenvalue weighted by Gasteiger charge is -2.13. The fourth-order valence-corrected chi connectivity index (χ4v) is 3.05. The first-order valence-electron chi connectivity index (χ1n) is 7.33. The van der Waals surface area contributed by atoms with Crippen LogP contribution in [-0.2, 0) is 9.59 Å². The fourth-order valence-electron chi connectivity index (χ4n) is 3.05. The number of rotatable bonds is 5. The van der Waals surface area contributed by atoms with E-state index in [9.17, 15) is 9.59 Å². The highest BCUT2D eigenvalue weighted by Gasteiger charge is 2.29. The summed E-state index contributed by atoms with van der Waals surface area (Å²) in [4.78, 5) is 22.6. The number of hydrogen-bond acceptors (Lipinski definition) is 2. The van der Waals surface area contributed by atoms with Gasteiger partial charge in [-0.2, -0.15) is 0 Å². The van der Waals surface area contributed by atoms with E-state index in [4.69, 9.17) is 5.11 Å². The van der Waals surface area contributed by atoms with Gasteiger partial charge in [-0.25, -0.2) is 0 Å². The molecule has 0 aromatic heterocycles. The minimum atomic E-state index is -0.906. The number of amides is 1. The van der Waals surface area contributed by atoms with Gasteiger partial charge in [-0.3, -0.25) is 9.59 Å². The highest BCUT2D eigenvalue weighted by molar-refractivity contribution is 5.84. The van der Waals surface area contributed by atoms with Crippen LogP contribution < -0.4 is 5.32 Å². The zero-order chi connectivity index (χ0) is 15.5. The molecule has 4 heteroatoms. The number of carboxylic acids is 1. The predicted molar refractivity (Wildman–Crippen MR) is 83.6 cm³/mol. The van der Waals surface area contributed by atoms with Gasteiger partial charge in [-0.1, -0.05) is 48.5 Å². The van der Waals surface area contributed by atoms with Crippen molar-refractivity contribution in [2.45, 2.75) is 18.8 Å². The van der Waals surface area contributed by atoms with E-state index in [0.29, 0.717) is 6.42 Å². The van der Waals surface area contributed by atoms with E-state index in [1.54, 1.807) is 0 Å². The summed E-state index contributed by atoms with van der Waals surface area (Å²) in [5.41, 5.74) is 4.69. The van der Waals surface area contributed by atoms with Crippen molar-refractivity contribution in [1.29, 1.82) is 0 Å². The SMILES string of the molecule is O=C(O)CCNC(=O)CC1c2ccccc2-c2ccccc21. The summed E-state index contributed by atoms with van der Waals surface area (Å²) in [6, 6.07) is 16.3. The summed E-state index contributed by atoms with van der Waals surface area (Å²) < 4.78 is 0. The van der Waals surface area contributed by atoms with Crippen molar-refractivity contribution in [2.75, 3.05) is 6.54 Å². The molecule has 0 aliphatic heterocycles. The number of hydrogen-bond donors (Lipinski definition) is 2. The number of carboxylic acid groups (broad SMARTS) is 1. The number of carbonyl (C=O) groups is 2. The maximum atomic E-state index is 12.1. The number of fused-ring (bicyclic) bond motifs is 3. The predicted octanol–water partition coefficient (Wildman–Crippen LogP) is 2.78. The molecule has 1 aliphatic carbocycles. The average Bonchev–Trinajstić information content (AvgIpc) is 2.82. The lowest BCUT2D eigenvalue weighted by Crippen LogP contribution is -2.27. The molecular weight excluding hydrogens is 278 g/mol. The van der Waals surface area contributed by atoms with Crippen molar-refractivity contribution in [3.63, 3.8) is 0 Å². The first kappa shape index (κ1) is 14.3. The largest absolute Gasteiger partial charge is 0.481 e. The molecule has 0 heterocycles.